The van der Waals surface area contributed by atoms with Crippen LogP contribution in [0.15, 0.2) is 78.2 Å². The van der Waals surface area contributed by atoms with Crippen molar-refractivity contribution in [1.82, 2.24) is 0 Å². The van der Waals surface area contributed by atoms with Crippen LogP contribution in [0.3, 0.4) is 0 Å². The van der Waals surface area contributed by atoms with Crippen molar-refractivity contribution in [3.63, 3.8) is 0 Å². The van der Waals surface area contributed by atoms with E-state index in [0.717, 1.165) is 27.8 Å². The summed E-state index contributed by atoms with van der Waals surface area (Å²) in [5, 5.41) is 14.8. The molecule has 2 N–H and O–H groups in total. The fourth-order valence-electron chi connectivity index (χ4n) is 3.60. The van der Waals surface area contributed by atoms with Crippen molar-refractivity contribution in [2.45, 2.75) is 13.8 Å². The van der Waals surface area contributed by atoms with Crippen molar-refractivity contribution >= 4 is 28.2 Å². The van der Waals surface area contributed by atoms with Crippen LogP contribution in [0.5, 0.6) is 0 Å². The molecule has 1 aromatic heterocycles. The molecule has 0 saturated carbocycles. The molecule has 0 aliphatic heterocycles. The minimum atomic E-state index is -1.06. The molecule has 0 atom stereocenters. The molecule has 4 rings (SSSR count). The predicted octanol–water partition coefficient (Wildman–Crippen LogP) is 6.65. The summed E-state index contributed by atoms with van der Waals surface area (Å²) in [7, 11) is 0. The number of carbonyl (C=O) groups is 2. The Bertz CT molecular complexity index is 1260. The lowest BCUT2D eigenvalue weighted by Crippen LogP contribution is -2.13. The van der Waals surface area contributed by atoms with E-state index in [1.54, 1.807) is 17.5 Å². The number of aryl methyl sites for hydroxylation is 2. The second kappa shape index (κ2) is 8.58. The predicted molar refractivity (Wildman–Crippen MR) is 126 cm³/mol. The van der Waals surface area contributed by atoms with E-state index in [4.69, 9.17) is 0 Å². The average Bonchev–Trinajstić information content (AvgIpc) is 3.18. The summed E-state index contributed by atoms with van der Waals surface area (Å²) in [5.41, 5.74) is 6.24. The third-order valence-electron chi connectivity index (χ3n) is 5.16. The second-order valence-electron chi connectivity index (χ2n) is 7.37. The minimum Gasteiger partial charge on any atom is -0.478 e. The fourth-order valence-corrected chi connectivity index (χ4v) is 4.54. The highest BCUT2D eigenvalue weighted by molar-refractivity contribution is 7.15. The molecule has 4 nitrogen and oxygen atoms in total. The zero-order chi connectivity index (χ0) is 22.0. The number of thiophene rings is 1. The van der Waals surface area contributed by atoms with Crippen molar-refractivity contribution < 1.29 is 14.7 Å². The zero-order valence-electron chi connectivity index (χ0n) is 17.2. The molecule has 0 aliphatic rings. The lowest BCUT2D eigenvalue weighted by atomic mass is 9.97. The van der Waals surface area contributed by atoms with Crippen molar-refractivity contribution in [1.29, 1.82) is 0 Å². The van der Waals surface area contributed by atoms with Gasteiger partial charge in [0.25, 0.3) is 5.91 Å². The molecule has 4 aromatic rings. The molecule has 154 valence electrons. The molecule has 31 heavy (non-hydrogen) atoms. The van der Waals surface area contributed by atoms with Crippen LogP contribution in [0, 0.1) is 13.8 Å². The van der Waals surface area contributed by atoms with Crippen LogP contribution in [-0.4, -0.2) is 17.0 Å². The third-order valence-corrected chi connectivity index (χ3v) is 6.05. The van der Waals surface area contributed by atoms with Gasteiger partial charge in [-0.25, -0.2) is 4.79 Å². The van der Waals surface area contributed by atoms with Gasteiger partial charge < -0.3 is 10.4 Å². The Morgan fingerprint density at radius 3 is 2.16 bits per heavy atom. The van der Waals surface area contributed by atoms with E-state index in [9.17, 15) is 14.7 Å². The highest BCUT2D eigenvalue weighted by Gasteiger charge is 2.22. The van der Waals surface area contributed by atoms with E-state index in [1.807, 2.05) is 74.5 Å². The normalized spacial score (nSPS) is 10.6. The highest BCUT2D eigenvalue weighted by Crippen LogP contribution is 2.37. The van der Waals surface area contributed by atoms with Crippen molar-refractivity contribution in [3.8, 4) is 22.3 Å². The molecular formula is C26H21NO3S. The smallest absolute Gasteiger partial charge is 0.339 e. The Labute approximate surface area is 184 Å². The molecule has 0 bridgehead atoms. The molecule has 0 unspecified atom stereocenters. The lowest BCUT2D eigenvalue weighted by molar-refractivity contribution is 0.0699. The van der Waals surface area contributed by atoms with Gasteiger partial charge in [-0.15, -0.1) is 11.3 Å². The van der Waals surface area contributed by atoms with Gasteiger partial charge in [-0.2, -0.15) is 0 Å². The van der Waals surface area contributed by atoms with Gasteiger partial charge in [0.1, 0.15) is 10.6 Å². The summed E-state index contributed by atoms with van der Waals surface area (Å²) in [6.07, 6.45) is 0. The number of anilines is 1. The summed E-state index contributed by atoms with van der Waals surface area (Å²) in [6.45, 7) is 3.95. The largest absolute Gasteiger partial charge is 0.478 e. The maximum atomic E-state index is 12.8. The van der Waals surface area contributed by atoms with Crippen molar-refractivity contribution in [3.05, 3.63) is 100 Å². The van der Waals surface area contributed by atoms with Crippen molar-refractivity contribution in [2.24, 2.45) is 0 Å². The van der Waals surface area contributed by atoms with E-state index in [-0.39, 0.29) is 11.5 Å². The van der Waals surface area contributed by atoms with Gasteiger partial charge in [0, 0.05) is 16.5 Å². The first-order valence-corrected chi connectivity index (χ1v) is 10.7. The SMILES string of the molecule is Cc1ccc(-c2csc(NC(=O)c3ccc(-c4ccccc4)cc3)c2C(=O)O)c(C)c1. The lowest BCUT2D eigenvalue weighted by Gasteiger charge is -2.09. The standard InChI is InChI=1S/C26H21NO3S/c1-16-8-13-21(17(2)14-16)22-15-31-25(23(22)26(29)30)27-24(28)20-11-9-19(10-12-20)18-6-4-3-5-7-18/h3-15H,1-2H3,(H,27,28)(H,29,30). The van der Waals surface area contributed by atoms with Gasteiger partial charge in [-0.1, -0.05) is 66.2 Å². The van der Waals surface area contributed by atoms with Gasteiger partial charge in [0.05, 0.1) is 0 Å². The molecule has 0 fully saturated rings. The van der Waals surface area contributed by atoms with E-state index in [2.05, 4.69) is 5.32 Å². The van der Waals surface area contributed by atoms with Gasteiger partial charge >= 0.3 is 5.97 Å². The topological polar surface area (TPSA) is 66.4 Å². The van der Waals surface area contributed by atoms with Crippen molar-refractivity contribution in [2.75, 3.05) is 5.32 Å². The van der Waals surface area contributed by atoms with E-state index >= 15 is 0 Å². The molecule has 3 aromatic carbocycles. The Morgan fingerprint density at radius 2 is 1.52 bits per heavy atom. The quantitative estimate of drug-likeness (QED) is 0.375. The minimum absolute atomic E-state index is 0.117. The number of amides is 1. The Hall–Kier alpha value is -3.70. The first-order valence-electron chi connectivity index (χ1n) is 9.83. The summed E-state index contributed by atoms with van der Waals surface area (Å²) >= 11 is 1.22. The second-order valence-corrected chi connectivity index (χ2v) is 8.25. The number of carboxylic acids is 1. The van der Waals surface area contributed by atoms with Crippen LogP contribution in [0.1, 0.15) is 31.8 Å². The molecule has 5 heteroatoms. The maximum Gasteiger partial charge on any atom is 0.339 e. The first kappa shape index (κ1) is 20.6. The van der Waals surface area contributed by atoms with E-state index in [1.165, 1.54) is 11.3 Å². The first-order chi connectivity index (χ1) is 14.9. The van der Waals surface area contributed by atoms with Crippen LogP contribution in [0.25, 0.3) is 22.3 Å². The summed E-state index contributed by atoms with van der Waals surface area (Å²) in [4.78, 5) is 24.8. The number of hydrogen-bond donors (Lipinski definition) is 2. The maximum absolute atomic E-state index is 12.8. The van der Waals surface area contributed by atoms with Crippen LogP contribution in [0.4, 0.5) is 5.00 Å². The molecule has 0 aliphatic carbocycles. The monoisotopic (exact) mass is 427 g/mol. The average molecular weight is 428 g/mol. The van der Waals surface area contributed by atoms with Gasteiger partial charge in [-0.05, 0) is 48.2 Å². The fraction of sp³-hybridized carbons (Fsp3) is 0.0769. The summed E-state index contributed by atoms with van der Waals surface area (Å²) in [5.74, 6) is -1.40. The third kappa shape index (κ3) is 4.27. The number of carboxylic acid groups (broad SMARTS) is 1. The summed E-state index contributed by atoms with van der Waals surface area (Å²) < 4.78 is 0. The molecule has 1 heterocycles. The Morgan fingerprint density at radius 1 is 0.839 bits per heavy atom. The van der Waals surface area contributed by atoms with Crippen LogP contribution < -0.4 is 5.32 Å². The van der Waals surface area contributed by atoms with Crippen LogP contribution in [0.2, 0.25) is 0 Å². The molecule has 0 saturated heterocycles. The number of benzene rings is 3. The van der Waals surface area contributed by atoms with E-state index < -0.39 is 5.97 Å². The number of carbonyl (C=O) groups excluding carboxylic acids is 1. The van der Waals surface area contributed by atoms with Gasteiger partial charge in [-0.3, -0.25) is 4.79 Å². The van der Waals surface area contributed by atoms with Gasteiger partial charge in [0.2, 0.25) is 0 Å². The van der Waals surface area contributed by atoms with Crippen LogP contribution in [-0.2, 0) is 0 Å². The molecule has 0 spiro atoms. The molecule has 0 radical (unpaired) electrons. The highest BCUT2D eigenvalue weighted by atomic mass is 32.1. The van der Waals surface area contributed by atoms with Gasteiger partial charge in [0.15, 0.2) is 0 Å². The number of aromatic carboxylic acids is 1. The zero-order valence-corrected chi connectivity index (χ0v) is 18.0. The molecule has 1 amide bonds. The Balaban J connectivity index is 1.61. The number of hydrogen-bond acceptors (Lipinski definition) is 3. The number of rotatable bonds is 5. The van der Waals surface area contributed by atoms with Crippen LogP contribution >= 0.6 is 11.3 Å². The summed E-state index contributed by atoms with van der Waals surface area (Å²) in [6, 6.07) is 23.1. The number of nitrogens with one attached hydrogen (secondary N) is 1. The Kier molecular flexibility index (Phi) is 5.69. The van der Waals surface area contributed by atoms with E-state index in [0.29, 0.717) is 16.1 Å². The molecular weight excluding hydrogens is 406 g/mol.